The molecular weight excluding hydrogens is 482 g/mol. The first-order chi connectivity index (χ1) is 17.7. The summed E-state index contributed by atoms with van der Waals surface area (Å²) in [5, 5.41) is 5.69. The normalized spacial score (nSPS) is 20.5. The number of likely N-dealkylation sites (tertiary alicyclic amines) is 1. The van der Waals surface area contributed by atoms with Crippen molar-refractivity contribution < 1.29 is 23.9 Å². The standard InChI is InChI=1S/C30H41N3O5/c1-28(2,3)24(31-27(36)32-29(4,5)6)25(34)33-19-30(38-8,18-23(33)26(35)37-7)22-16-14-21(15-17-22)20-12-10-9-11-13-20/h9-17,23-24H,18-19H2,1-8H3,(H2,31,32,36)/t23?,24-,30+/m1/s1. The molecule has 0 radical (unpaired) electrons. The first-order valence-electron chi connectivity index (χ1n) is 12.9. The summed E-state index contributed by atoms with van der Waals surface area (Å²) >= 11 is 0. The molecule has 206 valence electrons. The highest BCUT2D eigenvalue weighted by Crippen LogP contribution is 2.41. The summed E-state index contributed by atoms with van der Waals surface area (Å²) in [7, 11) is 2.90. The maximum atomic E-state index is 14.0. The van der Waals surface area contributed by atoms with Gasteiger partial charge in [0.1, 0.15) is 17.7 Å². The van der Waals surface area contributed by atoms with Gasteiger partial charge in [-0.25, -0.2) is 9.59 Å². The zero-order valence-corrected chi connectivity index (χ0v) is 23.8. The third kappa shape index (κ3) is 6.54. The second-order valence-electron chi connectivity index (χ2n) is 12.0. The minimum Gasteiger partial charge on any atom is -0.467 e. The molecule has 3 atom stereocenters. The Balaban J connectivity index is 1.95. The molecule has 3 rings (SSSR count). The van der Waals surface area contributed by atoms with Gasteiger partial charge in [-0.2, -0.15) is 0 Å². The molecule has 2 N–H and O–H groups in total. The van der Waals surface area contributed by atoms with Crippen molar-refractivity contribution in [3.8, 4) is 11.1 Å². The second-order valence-corrected chi connectivity index (χ2v) is 12.0. The van der Waals surface area contributed by atoms with Crippen molar-refractivity contribution in [2.24, 2.45) is 5.41 Å². The van der Waals surface area contributed by atoms with Crippen LogP contribution >= 0.6 is 0 Å². The Morgan fingerprint density at radius 3 is 2.00 bits per heavy atom. The van der Waals surface area contributed by atoms with Crippen LogP contribution < -0.4 is 10.6 Å². The van der Waals surface area contributed by atoms with Gasteiger partial charge in [0.25, 0.3) is 0 Å². The number of ether oxygens (including phenoxy) is 2. The van der Waals surface area contributed by atoms with Gasteiger partial charge in [0, 0.05) is 19.1 Å². The summed E-state index contributed by atoms with van der Waals surface area (Å²) in [6.07, 6.45) is 0.234. The van der Waals surface area contributed by atoms with Gasteiger partial charge in [-0.1, -0.05) is 75.4 Å². The molecular formula is C30H41N3O5. The van der Waals surface area contributed by atoms with Crippen LogP contribution in [0.15, 0.2) is 54.6 Å². The van der Waals surface area contributed by atoms with Crippen molar-refractivity contribution in [3.63, 3.8) is 0 Å². The Bertz CT molecular complexity index is 1140. The summed E-state index contributed by atoms with van der Waals surface area (Å²) < 4.78 is 11.1. The van der Waals surface area contributed by atoms with Gasteiger partial charge in [-0.05, 0) is 42.9 Å². The SMILES string of the molecule is COC(=O)C1C[C@@](OC)(c2ccc(-c3ccccc3)cc2)CN1C(=O)[C@@H](NC(=O)NC(C)(C)C)C(C)(C)C. The summed E-state index contributed by atoms with van der Waals surface area (Å²) in [4.78, 5) is 41.2. The minimum absolute atomic E-state index is 0.141. The number of nitrogens with one attached hydrogen (secondary N) is 2. The molecule has 1 unspecified atom stereocenters. The minimum atomic E-state index is -0.917. The Hall–Kier alpha value is -3.39. The molecule has 1 fully saturated rings. The van der Waals surface area contributed by atoms with E-state index in [9.17, 15) is 14.4 Å². The third-order valence-corrected chi connectivity index (χ3v) is 6.87. The van der Waals surface area contributed by atoms with Crippen LogP contribution in [-0.4, -0.2) is 61.2 Å². The smallest absolute Gasteiger partial charge is 0.328 e. The first-order valence-corrected chi connectivity index (χ1v) is 12.9. The van der Waals surface area contributed by atoms with E-state index in [2.05, 4.69) is 10.6 Å². The number of rotatable bonds is 6. The lowest BCUT2D eigenvalue weighted by Gasteiger charge is -2.36. The molecule has 2 aromatic rings. The average Bonchev–Trinajstić information content (AvgIpc) is 3.27. The zero-order valence-electron chi connectivity index (χ0n) is 23.8. The monoisotopic (exact) mass is 523 g/mol. The highest BCUT2D eigenvalue weighted by molar-refractivity contribution is 5.92. The van der Waals surface area contributed by atoms with Crippen molar-refractivity contribution in [3.05, 3.63) is 60.2 Å². The van der Waals surface area contributed by atoms with Crippen LogP contribution in [0.3, 0.4) is 0 Å². The van der Waals surface area contributed by atoms with E-state index in [0.717, 1.165) is 16.7 Å². The van der Waals surface area contributed by atoms with Crippen molar-refractivity contribution in [1.29, 1.82) is 0 Å². The van der Waals surface area contributed by atoms with Gasteiger partial charge in [0.2, 0.25) is 5.91 Å². The summed E-state index contributed by atoms with van der Waals surface area (Å²) in [5.41, 5.74) is 0.985. The van der Waals surface area contributed by atoms with Crippen LogP contribution in [0.2, 0.25) is 0 Å². The number of amides is 3. The van der Waals surface area contributed by atoms with Crippen LogP contribution in [0.5, 0.6) is 0 Å². The van der Waals surface area contributed by atoms with E-state index >= 15 is 0 Å². The number of carbonyl (C=O) groups excluding carboxylic acids is 3. The van der Waals surface area contributed by atoms with E-state index in [0.29, 0.717) is 0 Å². The third-order valence-electron chi connectivity index (χ3n) is 6.87. The Morgan fingerprint density at radius 1 is 0.921 bits per heavy atom. The highest BCUT2D eigenvalue weighted by atomic mass is 16.5. The van der Waals surface area contributed by atoms with Gasteiger partial charge < -0.3 is 25.0 Å². The molecule has 2 aromatic carbocycles. The number of benzene rings is 2. The number of carbonyl (C=O) groups is 3. The van der Waals surface area contributed by atoms with Crippen LogP contribution in [0.4, 0.5) is 4.79 Å². The Kier molecular flexibility index (Phi) is 8.56. The van der Waals surface area contributed by atoms with Crippen LogP contribution in [-0.2, 0) is 24.7 Å². The average molecular weight is 524 g/mol. The van der Waals surface area contributed by atoms with Crippen molar-refractivity contribution >= 4 is 17.9 Å². The molecule has 3 amide bonds. The molecule has 1 aliphatic rings. The highest BCUT2D eigenvalue weighted by Gasteiger charge is 2.53. The fraction of sp³-hybridized carbons (Fsp3) is 0.500. The number of urea groups is 1. The maximum absolute atomic E-state index is 14.0. The van der Waals surface area contributed by atoms with Gasteiger partial charge in [-0.3, -0.25) is 4.79 Å². The van der Waals surface area contributed by atoms with Gasteiger partial charge >= 0.3 is 12.0 Å². The number of esters is 1. The quantitative estimate of drug-likeness (QED) is 0.544. The van der Waals surface area contributed by atoms with Gasteiger partial charge in [0.05, 0.1) is 13.7 Å². The zero-order chi connectivity index (χ0) is 28.3. The van der Waals surface area contributed by atoms with E-state index in [1.807, 2.05) is 96.1 Å². The number of nitrogens with zero attached hydrogens (tertiary/aromatic N) is 1. The van der Waals surface area contributed by atoms with Crippen LogP contribution in [0.1, 0.15) is 53.5 Å². The van der Waals surface area contributed by atoms with E-state index < -0.39 is 40.6 Å². The van der Waals surface area contributed by atoms with E-state index in [4.69, 9.17) is 9.47 Å². The number of hydrogen-bond acceptors (Lipinski definition) is 5. The molecule has 8 heteroatoms. The maximum Gasteiger partial charge on any atom is 0.328 e. The fourth-order valence-corrected chi connectivity index (χ4v) is 4.84. The molecule has 38 heavy (non-hydrogen) atoms. The summed E-state index contributed by atoms with van der Waals surface area (Å²) in [6, 6.07) is 15.8. The number of methoxy groups -OCH3 is 2. The molecule has 1 heterocycles. The fourth-order valence-electron chi connectivity index (χ4n) is 4.84. The molecule has 0 spiro atoms. The predicted octanol–water partition coefficient (Wildman–Crippen LogP) is 4.48. The topological polar surface area (TPSA) is 97.0 Å². The number of hydrogen-bond donors (Lipinski definition) is 2. The summed E-state index contributed by atoms with van der Waals surface area (Å²) in [6.45, 7) is 11.4. The van der Waals surface area contributed by atoms with Crippen molar-refractivity contribution in [2.45, 2.75) is 71.2 Å². The molecule has 8 nitrogen and oxygen atoms in total. The largest absolute Gasteiger partial charge is 0.467 e. The van der Waals surface area contributed by atoms with E-state index in [-0.39, 0.29) is 18.9 Å². The van der Waals surface area contributed by atoms with Crippen molar-refractivity contribution in [1.82, 2.24) is 15.5 Å². The lowest BCUT2D eigenvalue weighted by molar-refractivity contribution is -0.152. The van der Waals surface area contributed by atoms with E-state index in [1.165, 1.54) is 12.0 Å². The molecule has 1 aliphatic heterocycles. The lowest BCUT2D eigenvalue weighted by atomic mass is 9.85. The predicted molar refractivity (Wildman–Crippen MR) is 147 cm³/mol. The van der Waals surface area contributed by atoms with Crippen LogP contribution in [0.25, 0.3) is 11.1 Å². The lowest BCUT2D eigenvalue weighted by Crippen LogP contribution is -2.60. The van der Waals surface area contributed by atoms with Crippen molar-refractivity contribution in [2.75, 3.05) is 20.8 Å². The van der Waals surface area contributed by atoms with Gasteiger partial charge in [-0.15, -0.1) is 0 Å². The van der Waals surface area contributed by atoms with Crippen LogP contribution in [0, 0.1) is 5.41 Å². The van der Waals surface area contributed by atoms with Gasteiger partial charge in [0.15, 0.2) is 0 Å². The Labute approximate surface area is 226 Å². The second kappa shape index (κ2) is 11.2. The molecule has 0 aromatic heterocycles. The summed E-state index contributed by atoms with van der Waals surface area (Å²) in [5.74, 6) is -0.887. The van der Waals surface area contributed by atoms with E-state index in [1.54, 1.807) is 7.11 Å². The molecule has 1 saturated heterocycles. The molecule has 0 saturated carbocycles. The molecule has 0 bridgehead atoms. The molecule has 0 aliphatic carbocycles. The first kappa shape index (κ1) is 29.2. The Morgan fingerprint density at radius 2 is 1.50 bits per heavy atom.